The van der Waals surface area contributed by atoms with Gasteiger partial charge < -0.3 is 10.2 Å². The minimum absolute atomic E-state index is 0.171. The Morgan fingerprint density at radius 1 is 1.53 bits per heavy atom. The first-order valence-corrected chi connectivity index (χ1v) is 7.21. The SMILES string of the molecule is CCN(CC1CCNCC1)C(=O)C(C)n1cccn1. The zero-order chi connectivity index (χ0) is 13.7. The molecule has 1 unspecified atom stereocenters. The van der Waals surface area contributed by atoms with Crippen LogP contribution < -0.4 is 5.32 Å². The first kappa shape index (κ1) is 14.1. The average molecular weight is 264 g/mol. The number of aromatic nitrogens is 2. The van der Waals surface area contributed by atoms with E-state index in [1.807, 2.05) is 24.1 Å². The Hall–Kier alpha value is -1.36. The molecule has 0 bridgehead atoms. The van der Waals surface area contributed by atoms with Crippen LogP contribution in [0.2, 0.25) is 0 Å². The summed E-state index contributed by atoms with van der Waals surface area (Å²) in [5.74, 6) is 0.805. The van der Waals surface area contributed by atoms with E-state index in [2.05, 4.69) is 17.3 Å². The Morgan fingerprint density at radius 3 is 2.84 bits per heavy atom. The fourth-order valence-electron chi connectivity index (χ4n) is 2.64. The molecule has 19 heavy (non-hydrogen) atoms. The van der Waals surface area contributed by atoms with E-state index in [0.29, 0.717) is 5.92 Å². The topological polar surface area (TPSA) is 50.2 Å². The summed E-state index contributed by atoms with van der Waals surface area (Å²) < 4.78 is 1.73. The van der Waals surface area contributed by atoms with Crippen molar-refractivity contribution >= 4 is 5.91 Å². The van der Waals surface area contributed by atoms with Crippen LogP contribution in [0.1, 0.15) is 32.7 Å². The molecule has 1 saturated heterocycles. The summed E-state index contributed by atoms with van der Waals surface area (Å²) in [5.41, 5.74) is 0. The molecule has 5 nitrogen and oxygen atoms in total. The zero-order valence-electron chi connectivity index (χ0n) is 11.9. The van der Waals surface area contributed by atoms with Gasteiger partial charge in [0.1, 0.15) is 6.04 Å². The molecule has 1 fully saturated rings. The third-order valence-corrected chi connectivity index (χ3v) is 3.91. The van der Waals surface area contributed by atoms with Crippen LogP contribution in [0.15, 0.2) is 18.5 Å². The normalized spacial score (nSPS) is 18.2. The number of amides is 1. The maximum atomic E-state index is 12.5. The fraction of sp³-hybridized carbons (Fsp3) is 0.714. The van der Waals surface area contributed by atoms with Crippen LogP contribution in [0.3, 0.4) is 0 Å². The molecule has 1 atom stereocenters. The largest absolute Gasteiger partial charge is 0.341 e. The molecule has 0 spiro atoms. The third kappa shape index (κ3) is 3.56. The van der Waals surface area contributed by atoms with E-state index in [1.54, 1.807) is 10.9 Å². The Balaban J connectivity index is 1.94. The van der Waals surface area contributed by atoms with Gasteiger partial charge in [0.25, 0.3) is 0 Å². The summed E-state index contributed by atoms with van der Waals surface area (Å²) in [4.78, 5) is 14.5. The molecule has 106 valence electrons. The summed E-state index contributed by atoms with van der Waals surface area (Å²) in [7, 11) is 0. The molecule has 1 aliphatic rings. The number of hydrogen-bond donors (Lipinski definition) is 1. The second-order valence-electron chi connectivity index (χ2n) is 5.23. The van der Waals surface area contributed by atoms with E-state index in [4.69, 9.17) is 0 Å². The van der Waals surface area contributed by atoms with Gasteiger partial charge in [-0.3, -0.25) is 9.48 Å². The maximum absolute atomic E-state index is 12.5. The van der Waals surface area contributed by atoms with Gasteiger partial charge in [-0.1, -0.05) is 0 Å². The number of nitrogens with zero attached hydrogens (tertiary/aromatic N) is 3. The molecule has 2 rings (SSSR count). The van der Waals surface area contributed by atoms with Crippen molar-refractivity contribution in [1.29, 1.82) is 0 Å². The van der Waals surface area contributed by atoms with E-state index in [9.17, 15) is 4.79 Å². The molecule has 5 heteroatoms. The lowest BCUT2D eigenvalue weighted by Gasteiger charge is -2.31. The predicted molar refractivity (Wildman–Crippen MR) is 74.8 cm³/mol. The van der Waals surface area contributed by atoms with Crippen molar-refractivity contribution in [3.05, 3.63) is 18.5 Å². The molecular weight excluding hydrogens is 240 g/mol. The zero-order valence-corrected chi connectivity index (χ0v) is 11.9. The standard InChI is InChI=1S/C14H24N4O/c1-3-17(11-13-5-8-15-9-6-13)14(19)12(2)18-10-4-7-16-18/h4,7,10,12-13,15H,3,5-6,8-9,11H2,1-2H3. The molecule has 1 amide bonds. The van der Waals surface area contributed by atoms with Crippen LogP contribution in [-0.2, 0) is 4.79 Å². The summed E-state index contributed by atoms with van der Waals surface area (Å²) in [5, 5.41) is 7.52. The summed E-state index contributed by atoms with van der Waals surface area (Å²) in [6, 6.07) is 1.64. The molecule has 0 radical (unpaired) electrons. The summed E-state index contributed by atoms with van der Waals surface area (Å²) in [6.45, 7) is 7.77. The monoisotopic (exact) mass is 264 g/mol. The molecule has 0 aliphatic carbocycles. The molecule has 1 N–H and O–H groups in total. The second kappa shape index (κ2) is 6.70. The van der Waals surface area contributed by atoms with Gasteiger partial charge in [-0.2, -0.15) is 5.10 Å². The van der Waals surface area contributed by atoms with E-state index < -0.39 is 0 Å². The molecule has 0 saturated carbocycles. The van der Waals surface area contributed by atoms with E-state index >= 15 is 0 Å². The van der Waals surface area contributed by atoms with Gasteiger partial charge in [-0.05, 0) is 51.8 Å². The lowest BCUT2D eigenvalue weighted by molar-refractivity contribution is -0.135. The summed E-state index contributed by atoms with van der Waals surface area (Å²) in [6.07, 6.45) is 5.90. The third-order valence-electron chi connectivity index (χ3n) is 3.91. The van der Waals surface area contributed by atoms with Crippen LogP contribution in [0.4, 0.5) is 0 Å². The highest BCUT2D eigenvalue weighted by atomic mass is 16.2. The lowest BCUT2D eigenvalue weighted by atomic mass is 9.97. The van der Waals surface area contributed by atoms with Crippen molar-refractivity contribution in [2.75, 3.05) is 26.2 Å². The van der Waals surface area contributed by atoms with Gasteiger partial charge in [-0.25, -0.2) is 0 Å². The second-order valence-corrected chi connectivity index (χ2v) is 5.23. The lowest BCUT2D eigenvalue weighted by Crippen LogP contribution is -2.42. The van der Waals surface area contributed by atoms with E-state index in [1.165, 1.54) is 12.8 Å². The van der Waals surface area contributed by atoms with Gasteiger partial charge >= 0.3 is 0 Å². The number of carbonyl (C=O) groups excluding carboxylic acids is 1. The van der Waals surface area contributed by atoms with Crippen LogP contribution >= 0.6 is 0 Å². The summed E-state index contributed by atoms with van der Waals surface area (Å²) >= 11 is 0. The van der Waals surface area contributed by atoms with Crippen LogP contribution in [-0.4, -0.2) is 46.8 Å². The number of carbonyl (C=O) groups is 1. The van der Waals surface area contributed by atoms with Crippen molar-refractivity contribution in [3.63, 3.8) is 0 Å². The highest BCUT2D eigenvalue weighted by molar-refractivity contribution is 5.79. The first-order valence-electron chi connectivity index (χ1n) is 7.21. The van der Waals surface area contributed by atoms with Crippen LogP contribution in [0, 0.1) is 5.92 Å². The molecule has 2 heterocycles. The van der Waals surface area contributed by atoms with Gasteiger partial charge in [0.05, 0.1) is 0 Å². The minimum atomic E-state index is -0.211. The van der Waals surface area contributed by atoms with Crippen molar-refractivity contribution in [2.24, 2.45) is 5.92 Å². The molecule has 1 aromatic rings. The molecular formula is C14H24N4O. The van der Waals surface area contributed by atoms with Crippen molar-refractivity contribution in [2.45, 2.75) is 32.7 Å². The van der Waals surface area contributed by atoms with Crippen LogP contribution in [0.5, 0.6) is 0 Å². The van der Waals surface area contributed by atoms with Crippen LogP contribution in [0.25, 0.3) is 0 Å². The van der Waals surface area contributed by atoms with Crippen molar-refractivity contribution < 1.29 is 4.79 Å². The van der Waals surface area contributed by atoms with Crippen molar-refractivity contribution in [1.82, 2.24) is 20.0 Å². The fourth-order valence-corrected chi connectivity index (χ4v) is 2.64. The smallest absolute Gasteiger partial charge is 0.247 e. The van der Waals surface area contributed by atoms with E-state index in [-0.39, 0.29) is 11.9 Å². The number of nitrogens with one attached hydrogen (secondary N) is 1. The number of hydrogen-bond acceptors (Lipinski definition) is 3. The van der Waals surface area contributed by atoms with Gasteiger partial charge in [0.15, 0.2) is 0 Å². The number of rotatable bonds is 5. The predicted octanol–water partition coefficient (Wildman–Crippen LogP) is 1.29. The first-order chi connectivity index (χ1) is 9.22. The number of piperidine rings is 1. The maximum Gasteiger partial charge on any atom is 0.247 e. The van der Waals surface area contributed by atoms with Crippen molar-refractivity contribution in [3.8, 4) is 0 Å². The Kier molecular flexibility index (Phi) is 4.96. The highest BCUT2D eigenvalue weighted by Gasteiger charge is 2.24. The molecule has 1 aliphatic heterocycles. The Morgan fingerprint density at radius 2 is 2.26 bits per heavy atom. The number of likely N-dealkylation sites (N-methyl/N-ethyl adjacent to an activating group) is 1. The van der Waals surface area contributed by atoms with Gasteiger partial charge in [0, 0.05) is 25.5 Å². The van der Waals surface area contributed by atoms with Gasteiger partial charge in [-0.15, -0.1) is 0 Å². The molecule has 0 aromatic carbocycles. The van der Waals surface area contributed by atoms with E-state index in [0.717, 1.165) is 26.2 Å². The average Bonchev–Trinajstić information content (AvgIpc) is 2.98. The minimum Gasteiger partial charge on any atom is -0.341 e. The Labute approximate surface area is 115 Å². The Bertz CT molecular complexity index is 384. The highest BCUT2D eigenvalue weighted by Crippen LogP contribution is 2.16. The quantitative estimate of drug-likeness (QED) is 0.872. The van der Waals surface area contributed by atoms with Gasteiger partial charge in [0.2, 0.25) is 5.91 Å². The molecule has 1 aromatic heterocycles.